The number of carbonyl (C=O) groups excluding carboxylic acids is 1. The number of aromatic nitrogens is 4. The summed E-state index contributed by atoms with van der Waals surface area (Å²) in [5.74, 6) is 1.51. The molecule has 24 heavy (non-hydrogen) atoms. The van der Waals surface area contributed by atoms with Gasteiger partial charge in [-0.3, -0.25) is 9.89 Å². The summed E-state index contributed by atoms with van der Waals surface area (Å²) in [7, 11) is 0. The fourth-order valence-electron chi connectivity index (χ4n) is 3.18. The van der Waals surface area contributed by atoms with Crippen LogP contribution in [0.1, 0.15) is 74.5 Å². The lowest BCUT2D eigenvalue weighted by molar-refractivity contribution is -0.135. The Kier molecular flexibility index (Phi) is 4.97. The second-order valence-corrected chi connectivity index (χ2v) is 6.75. The first-order valence-corrected chi connectivity index (χ1v) is 8.68. The maximum Gasteiger partial charge on any atom is 0.223 e. The zero-order chi connectivity index (χ0) is 17.1. The van der Waals surface area contributed by atoms with Gasteiger partial charge in [-0.05, 0) is 31.7 Å². The standard InChI is InChI=1S/C17H25N5O2/c1-11(2)17-21-19-14(24-17)7-8-15(23)22-9-5-4-6-13(22)16-12(3)10-18-20-16/h10-11,13H,4-9H2,1-3H3,(H,18,20)/t13-/m0/s1. The molecule has 0 spiro atoms. The van der Waals surface area contributed by atoms with E-state index in [-0.39, 0.29) is 17.9 Å². The lowest BCUT2D eigenvalue weighted by Crippen LogP contribution is -2.39. The van der Waals surface area contributed by atoms with Crippen LogP contribution in [0.15, 0.2) is 10.6 Å². The molecular formula is C17H25N5O2. The van der Waals surface area contributed by atoms with Gasteiger partial charge in [0.25, 0.3) is 0 Å². The van der Waals surface area contributed by atoms with Crippen molar-refractivity contribution in [2.75, 3.05) is 6.54 Å². The van der Waals surface area contributed by atoms with Gasteiger partial charge in [-0.2, -0.15) is 5.10 Å². The Morgan fingerprint density at radius 1 is 1.42 bits per heavy atom. The van der Waals surface area contributed by atoms with Crippen LogP contribution in [0.5, 0.6) is 0 Å². The van der Waals surface area contributed by atoms with E-state index in [2.05, 4.69) is 20.4 Å². The monoisotopic (exact) mass is 331 g/mol. The summed E-state index contributed by atoms with van der Waals surface area (Å²) >= 11 is 0. The van der Waals surface area contributed by atoms with E-state index in [0.29, 0.717) is 24.6 Å². The summed E-state index contributed by atoms with van der Waals surface area (Å²) in [6.07, 6.45) is 5.86. The number of carbonyl (C=O) groups is 1. The van der Waals surface area contributed by atoms with Crippen molar-refractivity contribution in [2.45, 2.75) is 64.8 Å². The number of aromatic amines is 1. The van der Waals surface area contributed by atoms with Crippen molar-refractivity contribution in [1.82, 2.24) is 25.3 Å². The highest BCUT2D eigenvalue weighted by Crippen LogP contribution is 2.32. The Hall–Kier alpha value is -2.18. The average Bonchev–Trinajstić information content (AvgIpc) is 3.21. The van der Waals surface area contributed by atoms with E-state index in [0.717, 1.165) is 37.1 Å². The Balaban J connectivity index is 1.64. The van der Waals surface area contributed by atoms with Crippen molar-refractivity contribution >= 4 is 5.91 Å². The van der Waals surface area contributed by atoms with Crippen LogP contribution in [0.3, 0.4) is 0 Å². The number of aryl methyl sites for hydroxylation is 2. The molecule has 130 valence electrons. The van der Waals surface area contributed by atoms with Gasteiger partial charge in [0.15, 0.2) is 0 Å². The molecule has 1 aliphatic heterocycles. The van der Waals surface area contributed by atoms with Gasteiger partial charge in [-0.15, -0.1) is 10.2 Å². The van der Waals surface area contributed by atoms with Gasteiger partial charge in [-0.25, -0.2) is 0 Å². The number of rotatable bonds is 5. The van der Waals surface area contributed by atoms with Gasteiger partial charge >= 0.3 is 0 Å². The molecule has 2 aromatic rings. The van der Waals surface area contributed by atoms with Crippen molar-refractivity contribution in [1.29, 1.82) is 0 Å². The fraction of sp³-hybridized carbons (Fsp3) is 0.647. The van der Waals surface area contributed by atoms with E-state index in [1.54, 1.807) is 0 Å². The van der Waals surface area contributed by atoms with Gasteiger partial charge in [-0.1, -0.05) is 13.8 Å². The first-order chi connectivity index (χ1) is 11.6. The van der Waals surface area contributed by atoms with Crippen LogP contribution >= 0.6 is 0 Å². The predicted octanol–water partition coefficient (Wildman–Crippen LogP) is 2.91. The summed E-state index contributed by atoms with van der Waals surface area (Å²) in [4.78, 5) is 14.7. The summed E-state index contributed by atoms with van der Waals surface area (Å²) in [6, 6.07) is 0.0997. The van der Waals surface area contributed by atoms with Gasteiger partial charge in [0.1, 0.15) is 0 Å². The van der Waals surface area contributed by atoms with Crippen LogP contribution in [0.4, 0.5) is 0 Å². The molecule has 0 bridgehead atoms. The van der Waals surface area contributed by atoms with Gasteiger partial charge < -0.3 is 9.32 Å². The highest BCUT2D eigenvalue weighted by atomic mass is 16.4. The van der Waals surface area contributed by atoms with E-state index >= 15 is 0 Å². The Labute approximate surface area is 141 Å². The molecule has 1 saturated heterocycles. The molecule has 3 rings (SSSR count). The lowest BCUT2D eigenvalue weighted by Gasteiger charge is -2.35. The summed E-state index contributed by atoms with van der Waals surface area (Å²) < 4.78 is 5.59. The van der Waals surface area contributed by atoms with E-state index in [4.69, 9.17) is 4.42 Å². The lowest BCUT2D eigenvalue weighted by atomic mass is 9.97. The van der Waals surface area contributed by atoms with E-state index in [1.807, 2.05) is 31.9 Å². The molecule has 1 atom stereocenters. The first kappa shape index (κ1) is 16.7. The van der Waals surface area contributed by atoms with Crippen LogP contribution in [0, 0.1) is 6.92 Å². The maximum atomic E-state index is 12.7. The van der Waals surface area contributed by atoms with E-state index in [1.165, 1.54) is 0 Å². The van der Waals surface area contributed by atoms with Crippen LogP contribution in [0.2, 0.25) is 0 Å². The molecule has 0 aliphatic carbocycles. The molecule has 1 fully saturated rings. The molecule has 0 radical (unpaired) electrons. The highest BCUT2D eigenvalue weighted by Gasteiger charge is 2.30. The Bertz CT molecular complexity index is 691. The fourth-order valence-corrected chi connectivity index (χ4v) is 3.18. The van der Waals surface area contributed by atoms with Crippen LogP contribution in [-0.4, -0.2) is 37.7 Å². The third kappa shape index (κ3) is 3.49. The number of nitrogens with one attached hydrogen (secondary N) is 1. The predicted molar refractivity (Wildman–Crippen MR) is 88.3 cm³/mol. The number of hydrogen-bond acceptors (Lipinski definition) is 5. The molecule has 2 aromatic heterocycles. The quantitative estimate of drug-likeness (QED) is 0.910. The first-order valence-electron chi connectivity index (χ1n) is 8.68. The second kappa shape index (κ2) is 7.15. The molecule has 3 heterocycles. The molecule has 7 nitrogen and oxygen atoms in total. The van der Waals surface area contributed by atoms with Gasteiger partial charge in [0.05, 0.1) is 17.9 Å². The molecular weight excluding hydrogens is 306 g/mol. The number of H-pyrrole nitrogens is 1. The van der Waals surface area contributed by atoms with Crippen LogP contribution in [0.25, 0.3) is 0 Å². The van der Waals surface area contributed by atoms with E-state index < -0.39 is 0 Å². The molecule has 1 aliphatic rings. The number of likely N-dealkylation sites (tertiary alicyclic amines) is 1. The number of hydrogen-bond donors (Lipinski definition) is 1. The SMILES string of the molecule is Cc1cn[nH]c1[C@@H]1CCCCN1C(=O)CCc1nnc(C(C)C)o1. The topological polar surface area (TPSA) is 87.9 Å². The zero-order valence-corrected chi connectivity index (χ0v) is 14.6. The number of piperidine rings is 1. The van der Waals surface area contributed by atoms with Gasteiger partial charge in [0.2, 0.25) is 17.7 Å². The zero-order valence-electron chi connectivity index (χ0n) is 14.6. The summed E-state index contributed by atoms with van der Waals surface area (Å²) in [5.41, 5.74) is 2.17. The normalized spacial score (nSPS) is 18.3. The molecule has 7 heteroatoms. The number of nitrogens with zero attached hydrogens (tertiary/aromatic N) is 4. The average molecular weight is 331 g/mol. The smallest absolute Gasteiger partial charge is 0.223 e. The third-order valence-electron chi connectivity index (χ3n) is 4.55. The third-order valence-corrected chi connectivity index (χ3v) is 4.55. The maximum absolute atomic E-state index is 12.7. The minimum absolute atomic E-state index is 0.0997. The van der Waals surface area contributed by atoms with Crippen molar-refractivity contribution in [2.24, 2.45) is 0 Å². The molecule has 0 aromatic carbocycles. The molecule has 1 N–H and O–H groups in total. The molecule has 1 amide bonds. The van der Waals surface area contributed by atoms with Gasteiger partial charge in [0, 0.05) is 25.3 Å². The minimum Gasteiger partial charge on any atom is -0.425 e. The Morgan fingerprint density at radius 2 is 2.25 bits per heavy atom. The minimum atomic E-state index is 0.0997. The van der Waals surface area contributed by atoms with E-state index in [9.17, 15) is 4.79 Å². The summed E-state index contributed by atoms with van der Waals surface area (Å²) in [5, 5.41) is 15.2. The van der Waals surface area contributed by atoms with Crippen molar-refractivity contribution in [3.63, 3.8) is 0 Å². The second-order valence-electron chi connectivity index (χ2n) is 6.75. The largest absolute Gasteiger partial charge is 0.425 e. The van der Waals surface area contributed by atoms with Crippen LogP contribution < -0.4 is 0 Å². The highest BCUT2D eigenvalue weighted by molar-refractivity contribution is 5.77. The molecule has 0 unspecified atom stereocenters. The molecule has 0 saturated carbocycles. The van der Waals surface area contributed by atoms with Crippen LogP contribution in [-0.2, 0) is 11.2 Å². The van der Waals surface area contributed by atoms with Crippen molar-refractivity contribution < 1.29 is 9.21 Å². The number of amides is 1. The Morgan fingerprint density at radius 3 is 2.92 bits per heavy atom. The van der Waals surface area contributed by atoms with Crippen molar-refractivity contribution in [3.05, 3.63) is 29.2 Å². The summed E-state index contributed by atoms with van der Waals surface area (Å²) in [6.45, 7) is 6.84. The van der Waals surface area contributed by atoms with Crippen molar-refractivity contribution in [3.8, 4) is 0 Å².